The van der Waals surface area contributed by atoms with E-state index >= 15 is 0 Å². The van der Waals surface area contributed by atoms with Crippen LogP contribution < -0.4 is 10.1 Å². The molecule has 0 spiro atoms. The maximum absolute atomic E-state index is 14.3. The molecule has 1 aromatic carbocycles. The number of sulfonamides is 1. The molecule has 0 saturated heterocycles. The number of imidazole rings is 1. The normalized spacial score (nSPS) is 23.3. The second-order valence-electron chi connectivity index (χ2n) is 13.0. The highest BCUT2D eigenvalue weighted by Crippen LogP contribution is 2.30. The molecule has 46 heavy (non-hydrogen) atoms. The van der Waals surface area contributed by atoms with Gasteiger partial charge in [0.25, 0.3) is 15.9 Å². The van der Waals surface area contributed by atoms with Crippen LogP contribution in [-0.4, -0.2) is 95.7 Å². The number of aliphatic hydroxyl groups excluding tert-OH is 1. The molecule has 1 fully saturated rings. The molecule has 1 saturated carbocycles. The predicted molar refractivity (Wildman–Crippen MR) is 175 cm³/mol. The van der Waals surface area contributed by atoms with E-state index in [4.69, 9.17) is 9.47 Å². The molecule has 1 aliphatic carbocycles. The van der Waals surface area contributed by atoms with E-state index in [0.717, 1.165) is 51.4 Å². The number of aryl methyl sites for hydroxylation is 1. The van der Waals surface area contributed by atoms with Gasteiger partial charge in [0, 0.05) is 57.5 Å². The minimum Gasteiger partial charge on any atom is -0.490 e. The first kappa shape index (κ1) is 35.8. The van der Waals surface area contributed by atoms with E-state index in [1.807, 2.05) is 13.8 Å². The summed E-state index contributed by atoms with van der Waals surface area (Å²) < 4.78 is 42.0. The average Bonchev–Trinajstić information content (AvgIpc) is 3.49. The van der Waals surface area contributed by atoms with Crippen molar-refractivity contribution >= 4 is 27.5 Å². The van der Waals surface area contributed by atoms with E-state index in [1.54, 1.807) is 41.6 Å². The van der Waals surface area contributed by atoms with Gasteiger partial charge in [-0.05, 0) is 64.2 Å². The Hall–Kier alpha value is -3.00. The number of fused-ring (bicyclic) bond motifs is 1. The summed E-state index contributed by atoms with van der Waals surface area (Å²) >= 11 is 0. The largest absolute Gasteiger partial charge is 0.490 e. The third-order valence-corrected chi connectivity index (χ3v) is 10.8. The summed E-state index contributed by atoms with van der Waals surface area (Å²) in [6, 6.07) is 4.62. The van der Waals surface area contributed by atoms with Crippen LogP contribution in [0.25, 0.3) is 0 Å². The third kappa shape index (κ3) is 9.08. The molecule has 2 heterocycles. The maximum atomic E-state index is 14.3. The predicted octanol–water partition coefficient (Wildman–Crippen LogP) is 4.06. The van der Waals surface area contributed by atoms with Gasteiger partial charge in [-0.1, -0.05) is 26.2 Å². The maximum Gasteiger partial charge on any atom is 0.261 e. The number of aromatic nitrogens is 2. The summed E-state index contributed by atoms with van der Waals surface area (Å²) in [5.41, 5.74) is 0.817. The highest BCUT2D eigenvalue weighted by molar-refractivity contribution is 7.89. The lowest BCUT2D eigenvalue weighted by Crippen LogP contribution is -2.48. The van der Waals surface area contributed by atoms with Crippen LogP contribution in [0.3, 0.4) is 0 Å². The number of nitrogens with one attached hydrogen (secondary N) is 1. The number of ether oxygens (including phenoxy) is 2. The van der Waals surface area contributed by atoms with Gasteiger partial charge in [-0.25, -0.2) is 13.4 Å². The van der Waals surface area contributed by atoms with Gasteiger partial charge in [-0.2, -0.15) is 4.31 Å². The van der Waals surface area contributed by atoms with Crippen LogP contribution in [0, 0.1) is 11.8 Å². The number of rotatable bonds is 8. The molecule has 0 bridgehead atoms. The highest BCUT2D eigenvalue weighted by Gasteiger charge is 2.33. The molecule has 12 nitrogen and oxygen atoms in total. The Labute approximate surface area is 273 Å². The SMILES string of the molecule is C[C@@H]1CN([C@H](C)CO)C(=O)c2cc(NC(=O)C3CCCCC3)ccc2O[C@@H](C)CCCCO[C@H]1CN(C)S(=O)(=O)c1cn(C)cn1. The Morgan fingerprint density at radius 2 is 1.87 bits per heavy atom. The zero-order valence-corrected chi connectivity index (χ0v) is 28.7. The molecule has 4 rings (SSSR count). The zero-order valence-electron chi connectivity index (χ0n) is 27.9. The molecular formula is C33H51N5O7S. The van der Waals surface area contributed by atoms with E-state index in [-0.39, 0.29) is 54.5 Å². The Morgan fingerprint density at radius 3 is 2.54 bits per heavy atom. The van der Waals surface area contributed by atoms with Crippen molar-refractivity contribution in [3.8, 4) is 5.75 Å². The Balaban J connectivity index is 1.63. The molecular weight excluding hydrogens is 610 g/mol. The molecule has 4 atom stereocenters. The number of likely N-dealkylation sites (N-methyl/N-ethyl adjacent to an activating group) is 1. The fraction of sp³-hybridized carbons (Fsp3) is 0.667. The van der Waals surface area contributed by atoms with Crippen molar-refractivity contribution in [2.45, 2.75) is 95.4 Å². The van der Waals surface area contributed by atoms with Gasteiger partial charge in [0.05, 0.1) is 36.7 Å². The first-order valence-electron chi connectivity index (χ1n) is 16.5. The summed E-state index contributed by atoms with van der Waals surface area (Å²) in [5, 5.41) is 13.2. The quantitative estimate of drug-likeness (QED) is 0.432. The van der Waals surface area contributed by atoms with Gasteiger partial charge in [0.1, 0.15) is 5.75 Å². The lowest BCUT2D eigenvalue weighted by atomic mass is 9.88. The molecule has 0 radical (unpaired) electrons. The number of carbonyl (C=O) groups excluding carboxylic acids is 2. The summed E-state index contributed by atoms with van der Waals surface area (Å²) in [7, 11) is -0.656. The van der Waals surface area contributed by atoms with Gasteiger partial charge in [0.15, 0.2) is 5.03 Å². The van der Waals surface area contributed by atoms with Crippen LogP contribution >= 0.6 is 0 Å². The van der Waals surface area contributed by atoms with E-state index in [9.17, 15) is 23.1 Å². The second kappa shape index (κ2) is 16.2. The fourth-order valence-electron chi connectivity index (χ4n) is 6.11. The first-order valence-corrected chi connectivity index (χ1v) is 17.9. The van der Waals surface area contributed by atoms with Crippen molar-refractivity contribution in [1.82, 2.24) is 18.8 Å². The molecule has 2 aliphatic rings. The van der Waals surface area contributed by atoms with Crippen molar-refractivity contribution < 1.29 is 32.6 Å². The van der Waals surface area contributed by atoms with Crippen LogP contribution in [-0.2, 0) is 26.6 Å². The van der Waals surface area contributed by atoms with Gasteiger partial charge in [0.2, 0.25) is 5.91 Å². The molecule has 256 valence electrons. The number of nitrogens with zero attached hydrogens (tertiary/aromatic N) is 4. The number of aliphatic hydroxyl groups is 1. The molecule has 2 N–H and O–H groups in total. The van der Waals surface area contributed by atoms with Crippen molar-refractivity contribution in [3.63, 3.8) is 0 Å². The monoisotopic (exact) mass is 661 g/mol. The average molecular weight is 662 g/mol. The molecule has 0 unspecified atom stereocenters. The van der Waals surface area contributed by atoms with Crippen LogP contribution in [0.2, 0.25) is 0 Å². The van der Waals surface area contributed by atoms with E-state index in [2.05, 4.69) is 10.3 Å². The highest BCUT2D eigenvalue weighted by atomic mass is 32.2. The number of anilines is 1. The second-order valence-corrected chi connectivity index (χ2v) is 15.0. The van der Waals surface area contributed by atoms with E-state index in [1.165, 1.54) is 23.9 Å². The molecule has 2 amide bonds. The number of carbonyl (C=O) groups is 2. The Morgan fingerprint density at radius 1 is 1.15 bits per heavy atom. The molecule has 2 aromatic rings. The van der Waals surface area contributed by atoms with Crippen LogP contribution in [0.1, 0.15) is 82.5 Å². The standard InChI is InChI=1S/C33H51N5O7S/c1-23-18-38(24(2)21-39)33(41)28-17-27(35-32(40)26-12-7-6-8-13-26)14-15-29(28)45-25(3)11-9-10-16-44-30(23)19-37(5)46(42,43)31-20-36(4)22-34-31/h14-15,17,20,22-26,30,39H,6-13,16,18-19,21H2,1-5H3,(H,35,40)/t23-,24-,25+,30+/m1/s1. The first-order chi connectivity index (χ1) is 21.9. The van der Waals surface area contributed by atoms with Crippen molar-refractivity contribution in [1.29, 1.82) is 0 Å². The van der Waals surface area contributed by atoms with Crippen molar-refractivity contribution in [2.24, 2.45) is 18.9 Å². The molecule has 13 heteroatoms. The van der Waals surface area contributed by atoms with Crippen LogP contribution in [0.4, 0.5) is 5.69 Å². The fourth-order valence-corrected chi connectivity index (χ4v) is 7.25. The molecule has 1 aromatic heterocycles. The number of benzene rings is 1. The van der Waals surface area contributed by atoms with Crippen LogP contribution in [0.5, 0.6) is 5.75 Å². The van der Waals surface area contributed by atoms with Crippen LogP contribution in [0.15, 0.2) is 35.7 Å². The lowest BCUT2D eigenvalue weighted by molar-refractivity contribution is -0.120. The number of amides is 2. The van der Waals surface area contributed by atoms with E-state index in [0.29, 0.717) is 23.6 Å². The number of hydrogen-bond donors (Lipinski definition) is 2. The minimum atomic E-state index is -3.87. The topological polar surface area (TPSA) is 143 Å². The van der Waals surface area contributed by atoms with Crippen molar-refractivity contribution in [2.75, 3.05) is 38.7 Å². The lowest BCUT2D eigenvalue weighted by Gasteiger charge is -2.35. The van der Waals surface area contributed by atoms with Gasteiger partial charge in [-0.3, -0.25) is 9.59 Å². The van der Waals surface area contributed by atoms with E-state index < -0.39 is 22.2 Å². The third-order valence-electron chi connectivity index (χ3n) is 9.09. The van der Waals surface area contributed by atoms with Gasteiger partial charge < -0.3 is 29.4 Å². The van der Waals surface area contributed by atoms with Crippen molar-refractivity contribution in [3.05, 3.63) is 36.3 Å². The summed E-state index contributed by atoms with van der Waals surface area (Å²) in [4.78, 5) is 33.0. The minimum absolute atomic E-state index is 0.0405. The van der Waals surface area contributed by atoms with Gasteiger partial charge in [-0.15, -0.1) is 0 Å². The number of hydrogen-bond acceptors (Lipinski definition) is 8. The summed E-state index contributed by atoms with van der Waals surface area (Å²) in [6.45, 7) is 6.03. The molecule has 1 aliphatic heterocycles. The summed E-state index contributed by atoms with van der Waals surface area (Å²) in [6.07, 6.45) is 9.40. The smallest absolute Gasteiger partial charge is 0.261 e. The Bertz CT molecular complexity index is 1430. The van der Waals surface area contributed by atoms with Gasteiger partial charge >= 0.3 is 0 Å². The zero-order chi connectivity index (χ0) is 33.4. The Kier molecular flexibility index (Phi) is 12.6. The summed E-state index contributed by atoms with van der Waals surface area (Å²) in [5.74, 6) is -0.324.